The summed E-state index contributed by atoms with van der Waals surface area (Å²) in [5.41, 5.74) is 0.819. The van der Waals surface area contributed by atoms with Gasteiger partial charge >= 0.3 is 0 Å². The molecule has 2 aromatic rings. The van der Waals surface area contributed by atoms with Crippen LogP contribution in [-0.2, 0) is 5.75 Å². The molecular weight excluding hydrogens is 284 g/mol. The first-order valence-electron chi connectivity index (χ1n) is 5.96. The number of rotatable bonds is 6. The van der Waals surface area contributed by atoms with E-state index in [0.29, 0.717) is 22.6 Å². The Bertz CT molecular complexity index is 533. The number of aromatic nitrogens is 2. The topological polar surface area (TPSA) is 59.2 Å². The average molecular weight is 299 g/mol. The van der Waals surface area contributed by atoms with E-state index >= 15 is 0 Å². The summed E-state index contributed by atoms with van der Waals surface area (Å²) in [6, 6.07) is 7.32. The van der Waals surface area contributed by atoms with Gasteiger partial charge in [-0.25, -0.2) is 0 Å². The highest BCUT2D eigenvalue weighted by Gasteiger charge is 2.09. The minimum atomic E-state index is 0.199. The van der Waals surface area contributed by atoms with Gasteiger partial charge in [0.05, 0.1) is 5.75 Å². The first-order chi connectivity index (χ1) is 9.19. The summed E-state index contributed by atoms with van der Waals surface area (Å²) in [6.07, 6.45) is 0. The third-order valence-corrected chi connectivity index (χ3v) is 3.97. The lowest BCUT2D eigenvalue weighted by atomic mass is 10.2. The maximum atomic E-state index is 8.93. The summed E-state index contributed by atoms with van der Waals surface area (Å²) in [4.78, 5) is 0. The molecule has 1 atom stereocenters. The van der Waals surface area contributed by atoms with Crippen LogP contribution in [0.1, 0.15) is 12.8 Å². The molecule has 2 rings (SSSR count). The quantitative estimate of drug-likeness (QED) is 0.887. The summed E-state index contributed by atoms with van der Waals surface area (Å²) >= 11 is 7.59. The lowest BCUT2D eigenvalue weighted by Crippen LogP contribution is -2.03. The minimum Gasteiger partial charge on any atom is -0.420 e. The van der Waals surface area contributed by atoms with Gasteiger partial charge in [0.2, 0.25) is 11.8 Å². The molecule has 1 heterocycles. The second kappa shape index (κ2) is 6.93. The molecular formula is C13H15ClN2O2S. The van der Waals surface area contributed by atoms with E-state index in [1.807, 2.05) is 19.1 Å². The Morgan fingerprint density at radius 3 is 3.00 bits per heavy atom. The van der Waals surface area contributed by atoms with Crippen molar-refractivity contribution in [2.75, 3.05) is 12.4 Å². The molecule has 1 aromatic heterocycles. The van der Waals surface area contributed by atoms with E-state index < -0.39 is 0 Å². The van der Waals surface area contributed by atoms with Crippen LogP contribution in [0.15, 0.2) is 28.7 Å². The number of hydrogen-bond donors (Lipinski definition) is 1. The van der Waals surface area contributed by atoms with E-state index in [1.54, 1.807) is 23.9 Å². The molecule has 0 fully saturated rings. The molecule has 0 spiro atoms. The molecule has 0 saturated carbocycles. The standard InChI is InChI=1S/C13H15ClN2O2S/c1-9(6-17)7-19-8-12-15-16-13(18-12)10-3-2-4-11(14)5-10/h2-5,9,17H,6-8H2,1H3. The third-order valence-electron chi connectivity index (χ3n) is 2.48. The van der Waals surface area contributed by atoms with Crippen LogP contribution in [0.5, 0.6) is 0 Å². The van der Waals surface area contributed by atoms with E-state index in [2.05, 4.69) is 10.2 Å². The third kappa shape index (κ3) is 4.23. The zero-order valence-corrected chi connectivity index (χ0v) is 12.1. The molecule has 1 unspecified atom stereocenters. The molecule has 0 bridgehead atoms. The molecule has 102 valence electrons. The monoisotopic (exact) mass is 298 g/mol. The van der Waals surface area contributed by atoms with Crippen molar-refractivity contribution in [1.29, 1.82) is 0 Å². The molecule has 0 amide bonds. The Labute approximate surface area is 121 Å². The molecule has 4 nitrogen and oxygen atoms in total. The summed E-state index contributed by atoms with van der Waals surface area (Å²) in [5, 5.41) is 17.6. The largest absolute Gasteiger partial charge is 0.420 e. The van der Waals surface area contributed by atoms with Gasteiger partial charge in [0, 0.05) is 17.2 Å². The van der Waals surface area contributed by atoms with Crippen molar-refractivity contribution in [3.63, 3.8) is 0 Å². The van der Waals surface area contributed by atoms with Gasteiger partial charge in [0.15, 0.2) is 0 Å². The van der Waals surface area contributed by atoms with Crippen LogP contribution < -0.4 is 0 Å². The number of thioether (sulfide) groups is 1. The van der Waals surface area contributed by atoms with Gasteiger partial charge in [0.1, 0.15) is 0 Å². The highest BCUT2D eigenvalue weighted by atomic mass is 35.5. The molecule has 19 heavy (non-hydrogen) atoms. The number of hydrogen-bond acceptors (Lipinski definition) is 5. The predicted molar refractivity (Wildman–Crippen MR) is 77.2 cm³/mol. The van der Waals surface area contributed by atoms with Gasteiger partial charge in [-0.05, 0) is 29.9 Å². The zero-order valence-electron chi connectivity index (χ0n) is 10.5. The molecule has 1 N–H and O–H groups in total. The fourth-order valence-corrected chi connectivity index (χ4v) is 2.56. The van der Waals surface area contributed by atoms with Crippen molar-refractivity contribution in [2.45, 2.75) is 12.7 Å². The van der Waals surface area contributed by atoms with Crippen LogP contribution in [0.3, 0.4) is 0 Å². The van der Waals surface area contributed by atoms with Crippen molar-refractivity contribution >= 4 is 23.4 Å². The van der Waals surface area contributed by atoms with Gasteiger partial charge < -0.3 is 9.52 Å². The number of aliphatic hydroxyl groups excluding tert-OH is 1. The summed E-state index contributed by atoms with van der Waals surface area (Å²) in [6.45, 7) is 2.20. The Morgan fingerprint density at radius 1 is 1.42 bits per heavy atom. The zero-order chi connectivity index (χ0) is 13.7. The predicted octanol–water partition coefficient (Wildman–Crippen LogP) is 3.25. The van der Waals surface area contributed by atoms with Crippen LogP contribution in [-0.4, -0.2) is 27.7 Å². The first kappa shape index (κ1) is 14.4. The summed E-state index contributed by atoms with van der Waals surface area (Å²) in [5.74, 6) is 2.86. The Hall–Kier alpha value is -1.04. The van der Waals surface area contributed by atoms with Crippen LogP contribution in [0.4, 0.5) is 0 Å². The molecule has 1 aromatic carbocycles. The maximum Gasteiger partial charge on any atom is 0.247 e. The summed E-state index contributed by atoms with van der Waals surface area (Å²) < 4.78 is 5.58. The smallest absolute Gasteiger partial charge is 0.247 e. The van der Waals surface area contributed by atoms with Crippen molar-refractivity contribution in [2.24, 2.45) is 5.92 Å². The molecule has 0 aliphatic heterocycles. The average Bonchev–Trinajstić information content (AvgIpc) is 2.87. The SMILES string of the molecule is CC(CO)CSCc1nnc(-c2cccc(Cl)c2)o1. The van der Waals surface area contributed by atoms with Gasteiger partial charge in [-0.3, -0.25) is 0 Å². The highest BCUT2D eigenvalue weighted by Crippen LogP contribution is 2.23. The number of aliphatic hydroxyl groups is 1. The lowest BCUT2D eigenvalue weighted by Gasteiger charge is -2.04. The van der Waals surface area contributed by atoms with Crippen molar-refractivity contribution in [3.05, 3.63) is 35.2 Å². The Kier molecular flexibility index (Phi) is 5.24. The lowest BCUT2D eigenvalue weighted by molar-refractivity contribution is 0.250. The minimum absolute atomic E-state index is 0.199. The Balaban J connectivity index is 1.95. The van der Waals surface area contributed by atoms with E-state index in [1.165, 1.54) is 0 Å². The number of halogens is 1. The van der Waals surface area contributed by atoms with E-state index in [-0.39, 0.29) is 12.5 Å². The van der Waals surface area contributed by atoms with Crippen LogP contribution in [0.25, 0.3) is 11.5 Å². The van der Waals surface area contributed by atoms with E-state index in [4.69, 9.17) is 21.1 Å². The first-order valence-corrected chi connectivity index (χ1v) is 7.49. The second-order valence-corrected chi connectivity index (χ2v) is 5.78. The molecule has 0 aliphatic rings. The molecule has 0 radical (unpaired) electrons. The fraction of sp³-hybridized carbons (Fsp3) is 0.385. The van der Waals surface area contributed by atoms with E-state index in [9.17, 15) is 0 Å². The normalized spacial score (nSPS) is 12.6. The second-order valence-electron chi connectivity index (χ2n) is 4.31. The van der Waals surface area contributed by atoms with Gasteiger partial charge in [-0.15, -0.1) is 10.2 Å². The van der Waals surface area contributed by atoms with Crippen LogP contribution in [0, 0.1) is 5.92 Å². The number of benzene rings is 1. The maximum absolute atomic E-state index is 8.93. The van der Waals surface area contributed by atoms with Gasteiger partial charge in [-0.2, -0.15) is 11.8 Å². The molecule has 0 aliphatic carbocycles. The van der Waals surface area contributed by atoms with Gasteiger partial charge in [-0.1, -0.05) is 24.6 Å². The van der Waals surface area contributed by atoms with Crippen molar-refractivity contribution in [3.8, 4) is 11.5 Å². The van der Waals surface area contributed by atoms with Crippen LogP contribution in [0.2, 0.25) is 5.02 Å². The Morgan fingerprint density at radius 2 is 2.26 bits per heavy atom. The molecule has 0 saturated heterocycles. The highest BCUT2D eigenvalue weighted by molar-refractivity contribution is 7.98. The van der Waals surface area contributed by atoms with Crippen molar-refractivity contribution in [1.82, 2.24) is 10.2 Å². The van der Waals surface area contributed by atoms with Gasteiger partial charge in [0.25, 0.3) is 0 Å². The summed E-state index contributed by atoms with van der Waals surface area (Å²) in [7, 11) is 0. The molecule has 6 heteroatoms. The number of nitrogens with zero attached hydrogens (tertiary/aromatic N) is 2. The van der Waals surface area contributed by atoms with Crippen LogP contribution >= 0.6 is 23.4 Å². The van der Waals surface area contributed by atoms with E-state index in [0.717, 1.165) is 11.3 Å². The van der Waals surface area contributed by atoms with Crippen molar-refractivity contribution < 1.29 is 9.52 Å². The fourth-order valence-electron chi connectivity index (χ4n) is 1.45.